The number of ether oxygens (including phenoxy) is 1. The Kier molecular flexibility index (Phi) is 8.49. The Morgan fingerprint density at radius 2 is 2.12 bits per heavy atom. The molecule has 1 aliphatic rings. The maximum absolute atomic E-state index is 14.3. The van der Waals surface area contributed by atoms with E-state index in [-0.39, 0.29) is 30.7 Å². The number of carbonyl (C=O) groups excluding carboxylic acids is 1. The Labute approximate surface area is 164 Å². The summed E-state index contributed by atoms with van der Waals surface area (Å²) >= 11 is 0. The second-order valence-electron chi connectivity index (χ2n) is 6.05. The van der Waals surface area contributed by atoms with E-state index < -0.39 is 11.2 Å². The van der Waals surface area contributed by atoms with Gasteiger partial charge in [-0.2, -0.15) is 0 Å². The third-order valence-electron chi connectivity index (χ3n) is 4.45. The van der Waals surface area contributed by atoms with Crippen molar-refractivity contribution < 1.29 is 13.9 Å². The molecular formula is C17H23Cl2FN4O2. The first-order chi connectivity index (χ1) is 11.6. The fourth-order valence-electron chi connectivity index (χ4n) is 3.08. The molecule has 1 aliphatic heterocycles. The number of hydrogen-bond acceptors (Lipinski definition) is 4. The van der Waals surface area contributed by atoms with Crippen LogP contribution in [0.1, 0.15) is 12.8 Å². The van der Waals surface area contributed by atoms with E-state index in [1.807, 2.05) is 0 Å². The maximum Gasteiger partial charge on any atom is 0.233 e. The fourth-order valence-corrected chi connectivity index (χ4v) is 3.08. The lowest BCUT2D eigenvalue weighted by Gasteiger charge is -2.35. The van der Waals surface area contributed by atoms with Crippen molar-refractivity contribution in [3.63, 3.8) is 0 Å². The number of anilines is 1. The Hall–Kier alpha value is -1.67. The average molecular weight is 405 g/mol. The minimum Gasteiger partial charge on any atom is -0.384 e. The van der Waals surface area contributed by atoms with Crippen molar-refractivity contribution in [3.8, 4) is 5.69 Å². The number of aromatic nitrogens is 2. The van der Waals surface area contributed by atoms with Crippen LogP contribution in [0.4, 0.5) is 10.1 Å². The van der Waals surface area contributed by atoms with Crippen LogP contribution in [0, 0.1) is 11.2 Å². The quantitative estimate of drug-likeness (QED) is 0.803. The van der Waals surface area contributed by atoms with Gasteiger partial charge in [-0.05, 0) is 44.1 Å². The number of benzene rings is 1. The summed E-state index contributed by atoms with van der Waals surface area (Å²) in [6.07, 6.45) is 6.17. The first-order valence-electron chi connectivity index (χ1n) is 7.94. The molecule has 0 unspecified atom stereocenters. The van der Waals surface area contributed by atoms with Crippen molar-refractivity contribution in [1.82, 2.24) is 14.9 Å². The molecule has 9 heteroatoms. The minimum absolute atomic E-state index is 0. The number of piperidine rings is 1. The molecule has 0 bridgehead atoms. The summed E-state index contributed by atoms with van der Waals surface area (Å²) in [4.78, 5) is 16.7. The standard InChI is InChI=1S/C17H21FN4O2.2ClH/c1-24-11-17(4-6-19-7-5-17)16(23)21-13-2-3-15(14(18)10-13)22-9-8-20-12-22;;/h2-3,8-10,12,19H,4-7,11H2,1H3,(H,21,23);2*1H. The van der Waals surface area contributed by atoms with Gasteiger partial charge in [0.1, 0.15) is 5.82 Å². The SMILES string of the molecule is COCC1(C(=O)Nc2ccc(-n3ccnc3)c(F)c2)CCNCC1.Cl.Cl. The zero-order valence-electron chi connectivity index (χ0n) is 14.4. The van der Waals surface area contributed by atoms with Crippen molar-refractivity contribution in [2.24, 2.45) is 5.41 Å². The molecule has 1 aromatic carbocycles. The Bertz CT molecular complexity index is 701. The van der Waals surface area contributed by atoms with E-state index in [2.05, 4.69) is 15.6 Å². The third kappa shape index (κ3) is 4.73. The van der Waals surface area contributed by atoms with E-state index in [0.29, 0.717) is 30.8 Å². The number of imidazole rings is 1. The molecule has 2 heterocycles. The van der Waals surface area contributed by atoms with Crippen LogP contribution in [0.25, 0.3) is 5.69 Å². The van der Waals surface area contributed by atoms with Gasteiger partial charge in [-0.25, -0.2) is 9.37 Å². The minimum atomic E-state index is -0.570. The van der Waals surface area contributed by atoms with Gasteiger partial charge in [0.05, 0.1) is 24.0 Å². The summed E-state index contributed by atoms with van der Waals surface area (Å²) in [5.41, 5.74) is 0.258. The molecule has 0 saturated carbocycles. The maximum atomic E-state index is 14.3. The van der Waals surface area contributed by atoms with Gasteiger partial charge in [-0.1, -0.05) is 0 Å². The van der Waals surface area contributed by atoms with Gasteiger partial charge < -0.3 is 19.9 Å². The van der Waals surface area contributed by atoms with Crippen molar-refractivity contribution in [3.05, 3.63) is 42.7 Å². The smallest absolute Gasteiger partial charge is 0.233 e. The lowest BCUT2D eigenvalue weighted by molar-refractivity contribution is -0.130. The van der Waals surface area contributed by atoms with E-state index in [1.54, 1.807) is 36.2 Å². The van der Waals surface area contributed by atoms with Crippen molar-refractivity contribution >= 4 is 36.4 Å². The molecule has 144 valence electrons. The molecule has 1 saturated heterocycles. The molecule has 0 radical (unpaired) electrons. The number of hydrogen-bond donors (Lipinski definition) is 2. The second kappa shape index (κ2) is 9.87. The van der Waals surface area contributed by atoms with E-state index >= 15 is 0 Å². The molecule has 0 spiro atoms. The second-order valence-corrected chi connectivity index (χ2v) is 6.05. The summed E-state index contributed by atoms with van der Waals surface area (Å²) < 4.78 is 21.2. The van der Waals surface area contributed by atoms with E-state index in [1.165, 1.54) is 12.4 Å². The van der Waals surface area contributed by atoms with Gasteiger partial charge in [0.25, 0.3) is 0 Å². The number of nitrogens with one attached hydrogen (secondary N) is 2. The van der Waals surface area contributed by atoms with Gasteiger partial charge in [0.15, 0.2) is 0 Å². The molecular weight excluding hydrogens is 382 g/mol. The molecule has 6 nitrogen and oxygen atoms in total. The van der Waals surface area contributed by atoms with Crippen LogP contribution in [0.15, 0.2) is 36.9 Å². The highest BCUT2D eigenvalue weighted by atomic mass is 35.5. The first kappa shape index (κ1) is 22.4. The van der Waals surface area contributed by atoms with Crippen LogP contribution in [0.3, 0.4) is 0 Å². The molecule has 1 fully saturated rings. The van der Waals surface area contributed by atoms with Crippen LogP contribution < -0.4 is 10.6 Å². The van der Waals surface area contributed by atoms with Crippen LogP contribution in [0.2, 0.25) is 0 Å². The highest BCUT2D eigenvalue weighted by molar-refractivity contribution is 5.95. The highest BCUT2D eigenvalue weighted by Gasteiger charge is 2.39. The van der Waals surface area contributed by atoms with Gasteiger partial charge in [0.2, 0.25) is 5.91 Å². The molecule has 2 aromatic rings. The van der Waals surface area contributed by atoms with Crippen LogP contribution in [0.5, 0.6) is 0 Å². The Morgan fingerprint density at radius 3 is 2.69 bits per heavy atom. The zero-order chi connectivity index (χ0) is 17.0. The van der Waals surface area contributed by atoms with Crippen molar-refractivity contribution in [1.29, 1.82) is 0 Å². The van der Waals surface area contributed by atoms with Crippen molar-refractivity contribution in [2.75, 3.05) is 32.1 Å². The number of amides is 1. The lowest BCUT2D eigenvalue weighted by Crippen LogP contribution is -2.47. The molecule has 0 atom stereocenters. The summed E-state index contributed by atoms with van der Waals surface area (Å²) in [5, 5.41) is 6.08. The third-order valence-corrected chi connectivity index (χ3v) is 4.45. The normalized spacial score (nSPS) is 15.5. The number of carbonyl (C=O) groups is 1. The van der Waals surface area contributed by atoms with Gasteiger partial charge >= 0.3 is 0 Å². The van der Waals surface area contributed by atoms with E-state index in [9.17, 15) is 9.18 Å². The summed E-state index contributed by atoms with van der Waals surface area (Å²) in [7, 11) is 1.59. The van der Waals surface area contributed by atoms with Gasteiger partial charge in [-0.3, -0.25) is 4.79 Å². The predicted octanol–water partition coefficient (Wildman–Crippen LogP) is 2.81. The lowest BCUT2D eigenvalue weighted by atomic mass is 9.78. The topological polar surface area (TPSA) is 68.2 Å². The van der Waals surface area contributed by atoms with Crippen LogP contribution in [-0.2, 0) is 9.53 Å². The molecule has 0 aliphatic carbocycles. The highest BCUT2D eigenvalue weighted by Crippen LogP contribution is 2.31. The summed E-state index contributed by atoms with van der Waals surface area (Å²) in [5.74, 6) is -0.544. The first-order valence-corrected chi connectivity index (χ1v) is 7.94. The van der Waals surface area contributed by atoms with Gasteiger partial charge in [-0.15, -0.1) is 24.8 Å². The number of rotatable bonds is 5. The molecule has 26 heavy (non-hydrogen) atoms. The average Bonchev–Trinajstić information content (AvgIpc) is 3.10. The van der Waals surface area contributed by atoms with E-state index in [0.717, 1.165) is 13.1 Å². The molecule has 2 N–H and O–H groups in total. The van der Waals surface area contributed by atoms with Crippen LogP contribution >= 0.6 is 24.8 Å². The largest absolute Gasteiger partial charge is 0.384 e. The number of halogens is 3. The molecule has 1 amide bonds. The van der Waals surface area contributed by atoms with Crippen molar-refractivity contribution in [2.45, 2.75) is 12.8 Å². The summed E-state index contributed by atoms with van der Waals surface area (Å²) in [6, 6.07) is 4.64. The Morgan fingerprint density at radius 1 is 1.38 bits per heavy atom. The zero-order valence-corrected chi connectivity index (χ0v) is 16.0. The predicted molar refractivity (Wildman–Crippen MR) is 103 cm³/mol. The van der Waals surface area contributed by atoms with E-state index in [4.69, 9.17) is 4.74 Å². The Balaban J connectivity index is 0.00000169. The fraction of sp³-hybridized carbons (Fsp3) is 0.412. The molecule has 3 rings (SSSR count). The monoisotopic (exact) mass is 404 g/mol. The van der Waals surface area contributed by atoms with Crippen LogP contribution in [-0.4, -0.2) is 42.3 Å². The number of methoxy groups -OCH3 is 1. The number of nitrogens with zero attached hydrogens (tertiary/aromatic N) is 2. The summed E-state index contributed by atoms with van der Waals surface area (Å²) in [6.45, 7) is 1.89. The molecule has 1 aromatic heterocycles. The van der Waals surface area contributed by atoms with Gasteiger partial charge in [0, 0.05) is 25.2 Å².